The highest BCUT2D eigenvalue weighted by molar-refractivity contribution is 7.91. The fourth-order valence-electron chi connectivity index (χ4n) is 2.15. The van der Waals surface area contributed by atoms with Gasteiger partial charge in [0.25, 0.3) is 0 Å². The average Bonchev–Trinajstić information content (AvgIpc) is 2.38. The zero-order chi connectivity index (χ0) is 14.8. The minimum Gasteiger partial charge on any atom is -0.383 e. The molecule has 0 fully saturated rings. The van der Waals surface area contributed by atoms with Crippen molar-refractivity contribution in [3.8, 4) is 0 Å². The van der Waals surface area contributed by atoms with Gasteiger partial charge < -0.3 is 4.74 Å². The predicted molar refractivity (Wildman–Crippen MR) is 73.9 cm³/mol. The van der Waals surface area contributed by atoms with Crippen LogP contribution in [0.5, 0.6) is 0 Å². The molecule has 0 aromatic heterocycles. The van der Waals surface area contributed by atoms with Crippen LogP contribution < -0.4 is 4.72 Å². The van der Waals surface area contributed by atoms with Gasteiger partial charge >= 0.3 is 0 Å². The minimum atomic E-state index is -3.63. The van der Waals surface area contributed by atoms with Crippen molar-refractivity contribution in [3.05, 3.63) is 23.8 Å². The number of sulfonamides is 1. The zero-order valence-corrected chi connectivity index (χ0v) is 12.8. The van der Waals surface area contributed by atoms with Crippen molar-refractivity contribution in [2.45, 2.75) is 22.6 Å². The maximum atomic E-state index is 12.0. The normalized spacial score (nSPS) is 17.6. The van der Waals surface area contributed by atoms with Gasteiger partial charge in [0.05, 0.1) is 22.2 Å². The van der Waals surface area contributed by atoms with Crippen LogP contribution in [0, 0.1) is 0 Å². The number of ether oxygens (including phenoxy) is 1. The number of hydrogen-bond donors (Lipinski definition) is 1. The van der Waals surface area contributed by atoms with Crippen LogP contribution >= 0.6 is 0 Å². The first-order valence-corrected chi connectivity index (χ1v) is 9.35. The molecule has 1 aliphatic heterocycles. The van der Waals surface area contributed by atoms with E-state index in [1.54, 1.807) is 0 Å². The van der Waals surface area contributed by atoms with Crippen molar-refractivity contribution in [1.82, 2.24) is 4.72 Å². The SMILES string of the molecule is COCCNS(=O)(=O)c1ccc2c(c1)CCCS2(=O)=O. The van der Waals surface area contributed by atoms with Crippen molar-refractivity contribution in [2.24, 2.45) is 0 Å². The van der Waals surface area contributed by atoms with E-state index >= 15 is 0 Å². The smallest absolute Gasteiger partial charge is 0.240 e. The van der Waals surface area contributed by atoms with Gasteiger partial charge in [-0.2, -0.15) is 0 Å². The van der Waals surface area contributed by atoms with Gasteiger partial charge in [-0.1, -0.05) is 0 Å². The van der Waals surface area contributed by atoms with Crippen LogP contribution in [0.1, 0.15) is 12.0 Å². The molecule has 1 heterocycles. The third-order valence-corrected chi connectivity index (χ3v) is 6.49. The quantitative estimate of drug-likeness (QED) is 0.790. The molecule has 0 spiro atoms. The van der Waals surface area contributed by atoms with E-state index in [0.29, 0.717) is 18.4 Å². The van der Waals surface area contributed by atoms with Gasteiger partial charge in [-0.15, -0.1) is 0 Å². The molecule has 1 aromatic rings. The Morgan fingerprint density at radius 2 is 2.10 bits per heavy atom. The average molecular weight is 319 g/mol. The number of methoxy groups -OCH3 is 1. The van der Waals surface area contributed by atoms with E-state index in [1.165, 1.54) is 25.3 Å². The maximum absolute atomic E-state index is 12.0. The Labute approximate surface area is 119 Å². The first-order chi connectivity index (χ1) is 9.37. The molecule has 8 heteroatoms. The first-order valence-electron chi connectivity index (χ1n) is 6.21. The maximum Gasteiger partial charge on any atom is 0.240 e. The van der Waals surface area contributed by atoms with E-state index in [4.69, 9.17) is 4.74 Å². The molecule has 6 nitrogen and oxygen atoms in total. The van der Waals surface area contributed by atoms with E-state index < -0.39 is 19.9 Å². The standard InChI is InChI=1S/C12H17NO5S2/c1-18-7-6-13-20(16,17)11-4-5-12-10(9-11)3-2-8-19(12,14)15/h4-5,9,13H,2-3,6-8H2,1H3. The highest BCUT2D eigenvalue weighted by Crippen LogP contribution is 2.27. The van der Waals surface area contributed by atoms with Crippen LogP contribution in [0.25, 0.3) is 0 Å². The molecule has 0 saturated carbocycles. The van der Waals surface area contributed by atoms with Gasteiger partial charge in [0.1, 0.15) is 0 Å². The van der Waals surface area contributed by atoms with Crippen molar-refractivity contribution in [1.29, 1.82) is 0 Å². The summed E-state index contributed by atoms with van der Waals surface area (Å²) in [4.78, 5) is 0.337. The summed E-state index contributed by atoms with van der Waals surface area (Å²) >= 11 is 0. The fourth-order valence-corrected chi connectivity index (χ4v) is 4.79. The molecule has 0 bridgehead atoms. The Bertz CT molecular complexity index is 695. The molecule has 0 atom stereocenters. The summed E-state index contributed by atoms with van der Waals surface area (Å²) in [5, 5.41) is 0. The Morgan fingerprint density at radius 3 is 2.80 bits per heavy atom. The summed E-state index contributed by atoms with van der Waals surface area (Å²) < 4.78 is 55.0. The molecule has 1 N–H and O–H groups in total. The Kier molecular flexibility index (Phi) is 4.48. The highest BCUT2D eigenvalue weighted by Gasteiger charge is 2.25. The third-order valence-electron chi connectivity index (χ3n) is 3.13. The van der Waals surface area contributed by atoms with Crippen molar-refractivity contribution >= 4 is 19.9 Å². The summed E-state index contributed by atoms with van der Waals surface area (Å²) in [6, 6.07) is 4.16. The van der Waals surface area contributed by atoms with E-state index in [9.17, 15) is 16.8 Å². The van der Waals surface area contributed by atoms with Gasteiger partial charge in [-0.05, 0) is 36.6 Å². The van der Waals surface area contributed by atoms with E-state index in [2.05, 4.69) is 4.72 Å². The largest absolute Gasteiger partial charge is 0.383 e. The lowest BCUT2D eigenvalue weighted by Gasteiger charge is -2.17. The molecule has 0 aliphatic carbocycles. The molecule has 0 saturated heterocycles. The summed E-state index contributed by atoms with van der Waals surface area (Å²) in [6.07, 6.45) is 1.10. The second-order valence-corrected chi connectivity index (χ2v) is 8.43. The van der Waals surface area contributed by atoms with Gasteiger partial charge in [0.2, 0.25) is 10.0 Å². The summed E-state index contributed by atoms with van der Waals surface area (Å²) in [6.45, 7) is 0.451. The van der Waals surface area contributed by atoms with Crippen molar-refractivity contribution in [3.63, 3.8) is 0 Å². The Balaban J connectivity index is 2.32. The topological polar surface area (TPSA) is 89.5 Å². The summed E-state index contributed by atoms with van der Waals surface area (Å²) in [7, 11) is -5.40. The van der Waals surface area contributed by atoms with Crippen LogP contribution in [0.2, 0.25) is 0 Å². The summed E-state index contributed by atoms with van der Waals surface area (Å²) in [5.41, 5.74) is 0.575. The van der Waals surface area contributed by atoms with Crippen LogP contribution in [0.4, 0.5) is 0 Å². The number of rotatable bonds is 5. The molecular formula is C12H17NO5S2. The highest BCUT2D eigenvalue weighted by atomic mass is 32.2. The van der Waals surface area contributed by atoms with E-state index in [0.717, 1.165) is 0 Å². The molecule has 0 unspecified atom stereocenters. The summed E-state index contributed by atoms with van der Waals surface area (Å²) in [5.74, 6) is 0.123. The monoisotopic (exact) mass is 319 g/mol. The van der Waals surface area contributed by atoms with Crippen molar-refractivity contribution in [2.75, 3.05) is 26.0 Å². The first kappa shape index (κ1) is 15.4. The van der Waals surface area contributed by atoms with Crippen LogP contribution in [-0.2, 0) is 31.0 Å². The van der Waals surface area contributed by atoms with Crippen LogP contribution in [-0.4, -0.2) is 42.8 Å². The Morgan fingerprint density at radius 1 is 1.35 bits per heavy atom. The number of sulfone groups is 1. The molecule has 20 heavy (non-hydrogen) atoms. The molecule has 0 amide bonds. The molecule has 1 aromatic carbocycles. The fraction of sp³-hybridized carbons (Fsp3) is 0.500. The number of nitrogens with one attached hydrogen (secondary N) is 1. The van der Waals surface area contributed by atoms with Crippen LogP contribution in [0.15, 0.2) is 28.0 Å². The van der Waals surface area contributed by atoms with Gasteiger partial charge in [0, 0.05) is 13.7 Å². The number of hydrogen-bond acceptors (Lipinski definition) is 5. The van der Waals surface area contributed by atoms with Gasteiger partial charge in [-0.3, -0.25) is 0 Å². The van der Waals surface area contributed by atoms with Crippen LogP contribution in [0.3, 0.4) is 0 Å². The third kappa shape index (κ3) is 3.20. The number of benzene rings is 1. The van der Waals surface area contributed by atoms with Gasteiger partial charge in [0.15, 0.2) is 9.84 Å². The van der Waals surface area contributed by atoms with E-state index in [1.807, 2.05) is 0 Å². The Hall–Kier alpha value is -0.960. The molecule has 2 rings (SSSR count). The molecule has 0 radical (unpaired) electrons. The van der Waals surface area contributed by atoms with Crippen molar-refractivity contribution < 1.29 is 21.6 Å². The number of aryl methyl sites for hydroxylation is 1. The lowest BCUT2D eigenvalue weighted by molar-refractivity contribution is 0.204. The molecule has 112 valence electrons. The second kappa shape index (κ2) is 5.80. The lowest BCUT2D eigenvalue weighted by atomic mass is 10.1. The second-order valence-electron chi connectivity index (χ2n) is 4.58. The molecular weight excluding hydrogens is 302 g/mol. The van der Waals surface area contributed by atoms with E-state index in [-0.39, 0.29) is 28.7 Å². The molecule has 1 aliphatic rings. The number of fused-ring (bicyclic) bond motifs is 1. The zero-order valence-electron chi connectivity index (χ0n) is 11.1. The lowest BCUT2D eigenvalue weighted by Crippen LogP contribution is -2.27. The minimum absolute atomic E-state index is 0.0875. The van der Waals surface area contributed by atoms with Gasteiger partial charge in [-0.25, -0.2) is 21.6 Å². The predicted octanol–water partition coefficient (Wildman–Crippen LogP) is 0.331.